The summed E-state index contributed by atoms with van der Waals surface area (Å²) in [6.07, 6.45) is 6.01. The lowest BCUT2D eigenvalue weighted by molar-refractivity contribution is 0.0965. The number of fused-ring (bicyclic) bond motifs is 1. The van der Waals surface area contributed by atoms with E-state index in [0.29, 0.717) is 0 Å². The van der Waals surface area contributed by atoms with Crippen molar-refractivity contribution < 1.29 is 9.18 Å². The van der Waals surface area contributed by atoms with Crippen molar-refractivity contribution in [2.45, 2.75) is 44.3 Å². The number of nitrogens with one attached hydrogen (secondary N) is 3. The van der Waals surface area contributed by atoms with Crippen LogP contribution >= 0.6 is 0 Å². The van der Waals surface area contributed by atoms with Gasteiger partial charge in [-0.25, -0.2) is 9.37 Å². The van der Waals surface area contributed by atoms with Gasteiger partial charge in [0.15, 0.2) is 11.6 Å². The number of hydrogen-bond acceptors (Lipinski definition) is 6. The van der Waals surface area contributed by atoms with Gasteiger partial charge in [0, 0.05) is 42.2 Å². The highest BCUT2D eigenvalue weighted by molar-refractivity contribution is 6.13. The molecule has 24 heavy (non-hydrogen) atoms. The second-order valence-electron chi connectivity index (χ2n) is 6.12. The maximum Gasteiger partial charge on any atom is 0.254 e. The smallest absolute Gasteiger partial charge is 0.254 e. The predicted octanol–water partition coefficient (Wildman–Crippen LogP) is 1.10. The van der Waals surface area contributed by atoms with Gasteiger partial charge in [0.05, 0.1) is 11.3 Å². The third-order valence-electron chi connectivity index (χ3n) is 4.64. The summed E-state index contributed by atoms with van der Waals surface area (Å²) in [4.78, 5) is 16.3. The molecule has 3 rings (SSSR count). The molecule has 1 aliphatic carbocycles. The molecule has 8 heteroatoms. The number of allylic oxidation sites excluding steroid dienone is 1. The molecule has 0 saturated heterocycles. The maximum absolute atomic E-state index is 14.8. The van der Waals surface area contributed by atoms with Crippen LogP contribution in [0.5, 0.6) is 0 Å². The number of rotatable bonds is 4. The van der Waals surface area contributed by atoms with Gasteiger partial charge in [-0.3, -0.25) is 4.79 Å². The molecule has 2 heterocycles. The second-order valence-corrected chi connectivity index (χ2v) is 6.12. The lowest BCUT2D eigenvalue weighted by Gasteiger charge is -2.30. The highest BCUT2D eigenvalue weighted by Gasteiger charge is 2.32. The van der Waals surface area contributed by atoms with Crippen LogP contribution in [0.3, 0.4) is 0 Å². The van der Waals surface area contributed by atoms with E-state index in [1.807, 2.05) is 0 Å². The normalized spacial score (nSPS) is 23.6. The molecule has 2 aliphatic rings. The van der Waals surface area contributed by atoms with Crippen LogP contribution in [0.15, 0.2) is 6.20 Å². The van der Waals surface area contributed by atoms with Gasteiger partial charge in [-0.2, -0.15) is 0 Å². The number of pyridine rings is 1. The molecule has 1 saturated carbocycles. The van der Waals surface area contributed by atoms with E-state index in [-0.39, 0.29) is 46.8 Å². The first-order chi connectivity index (χ1) is 11.6. The van der Waals surface area contributed by atoms with E-state index in [0.717, 1.165) is 31.9 Å². The maximum atomic E-state index is 14.8. The number of anilines is 1. The number of hydrogen-bond donors (Lipinski definition) is 5. The summed E-state index contributed by atoms with van der Waals surface area (Å²) in [6, 6.07) is -0.134. The molecule has 1 amide bonds. The highest BCUT2D eigenvalue weighted by atomic mass is 19.1. The zero-order valence-corrected chi connectivity index (χ0v) is 13.2. The summed E-state index contributed by atoms with van der Waals surface area (Å²) in [5, 5.41) is 13.1. The van der Waals surface area contributed by atoms with Gasteiger partial charge in [0.2, 0.25) is 0 Å². The van der Waals surface area contributed by atoms with Gasteiger partial charge in [0.25, 0.3) is 5.91 Å². The number of aromatic nitrogens is 1. The van der Waals surface area contributed by atoms with Crippen LogP contribution in [0, 0.1) is 11.2 Å². The Balaban J connectivity index is 2.06. The Kier molecular flexibility index (Phi) is 4.48. The number of carbonyl (C=O) groups is 1. The third kappa shape index (κ3) is 2.73. The van der Waals surface area contributed by atoms with Crippen LogP contribution in [0.4, 0.5) is 10.2 Å². The van der Waals surface area contributed by atoms with Crippen molar-refractivity contribution in [2.75, 3.05) is 5.32 Å². The fourth-order valence-corrected chi connectivity index (χ4v) is 3.29. The molecular formula is C16H21FN6O. The summed E-state index contributed by atoms with van der Waals surface area (Å²) < 4.78 is 14.8. The molecule has 7 N–H and O–H groups in total. The Morgan fingerprint density at radius 3 is 2.83 bits per heavy atom. The standard InChI is InChI=1S/C16H21FN6O/c17-13-9-7-21-16(24)12(9)14(8(5-18)6-19)23-15(13)22-11-4-2-1-3-10(11)20/h5-6,10-11,18H,1-4,7,19-20H2,(H,21,24)(H,22,23). The summed E-state index contributed by atoms with van der Waals surface area (Å²) in [6.45, 7) is 0.0940. The minimum Gasteiger partial charge on any atom is -0.404 e. The molecule has 1 aliphatic heterocycles. The molecule has 0 spiro atoms. The predicted molar refractivity (Wildman–Crippen MR) is 90.2 cm³/mol. The summed E-state index contributed by atoms with van der Waals surface area (Å²) in [7, 11) is 0. The van der Waals surface area contributed by atoms with E-state index in [1.165, 1.54) is 6.20 Å². The van der Waals surface area contributed by atoms with Gasteiger partial charge in [-0.1, -0.05) is 12.8 Å². The molecule has 128 valence electrons. The molecule has 2 unspecified atom stereocenters. The van der Waals surface area contributed by atoms with Crippen LogP contribution in [0.25, 0.3) is 5.57 Å². The fourth-order valence-electron chi connectivity index (χ4n) is 3.29. The number of halogens is 1. The van der Waals surface area contributed by atoms with Crippen molar-refractivity contribution in [2.24, 2.45) is 11.5 Å². The van der Waals surface area contributed by atoms with Crippen molar-refractivity contribution in [1.29, 1.82) is 5.41 Å². The Labute approximate surface area is 139 Å². The van der Waals surface area contributed by atoms with E-state index in [4.69, 9.17) is 16.9 Å². The number of nitrogens with zero attached hydrogens (tertiary/aromatic N) is 1. The first-order valence-corrected chi connectivity index (χ1v) is 8.02. The quantitative estimate of drug-likeness (QED) is 0.527. The lowest BCUT2D eigenvalue weighted by atomic mass is 9.91. The molecule has 0 aromatic carbocycles. The lowest BCUT2D eigenvalue weighted by Crippen LogP contribution is -2.43. The molecule has 2 atom stereocenters. The number of nitrogens with two attached hydrogens (primary N) is 2. The molecule has 1 aromatic heterocycles. The van der Waals surface area contributed by atoms with Crippen LogP contribution < -0.4 is 22.1 Å². The molecule has 0 radical (unpaired) electrons. The first kappa shape index (κ1) is 16.4. The number of amides is 1. The molecular weight excluding hydrogens is 311 g/mol. The summed E-state index contributed by atoms with van der Waals surface area (Å²) >= 11 is 0. The summed E-state index contributed by atoms with van der Waals surface area (Å²) in [5.74, 6) is -0.899. The van der Waals surface area contributed by atoms with Crippen LogP contribution in [-0.4, -0.2) is 29.2 Å². The minimum absolute atomic E-state index is 0.0591. The van der Waals surface area contributed by atoms with E-state index < -0.39 is 11.7 Å². The van der Waals surface area contributed by atoms with E-state index in [2.05, 4.69) is 15.6 Å². The van der Waals surface area contributed by atoms with E-state index >= 15 is 0 Å². The Morgan fingerprint density at radius 1 is 1.42 bits per heavy atom. The average molecular weight is 332 g/mol. The molecule has 7 nitrogen and oxygen atoms in total. The zero-order valence-electron chi connectivity index (χ0n) is 13.2. The van der Waals surface area contributed by atoms with Crippen LogP contribution in [0.2, 0.25) is 0 Å². The van der Waals surface area contributed by atoms with Gasteiger partial charge in [-0.05, 0) is 12.8 Å². The summed E-state index contributed by atoms with van der Waals surface area (Å²) in [5.41, 5.74) is 12.5. The highest BCUT2D eigenvalue weighted by Crippen LogP contribution is 2.31. The van der Waals surface area contributed by atoms with Gasteiger partial charge in [0.1, 0.15) is 0 Å². The van der Waals surface area contributed by atoms with Crippen molar-refractivity contribution in [1.82, 2.24) is 10.3 Å². The first-order valence-electron chi connectivity index (χ1n) is 8.02. The average Bonchev–Trinajstić information content (AvgIpc) is 2.97. The fraction of sp³-hybridized carbons (Fsp3) is 0.438. The van der Waals surface area contributed by atoms with Crippen molar-refractivity contribution in [3.8, 4) is 0 Å². The Hall–Kier alpha value is -2.48. The van der Waals surface area contributed by atoms with Crippen LogP contribution in [0.1, 0.15) is 47.3 Å². The molecule has 0 bridgehead atoms. The second kappa shape index (κ2) is 6.56. The zero-order chi connectivity index (χ0) is 17.3. The van der Waals surface area contributed by atoms with Gasteiger partial charge < -0.3 is 27.5 Å². The Morgan fingerprint density at radius 2 is 2.17 bits per heavy atom. The largest absolute Gasteiger partial charge is 0.404 e. The monoisotopic (exact) mass is 332 g/mol. The van der Waals surface area contributed by atoms with Crippen molar-refractivity contribution >= 4 is 23.5 Å². The van der Waals surface area contributed by atoms with Crippen LogP contribution in [-0.2, 0) is 6.54 Å². The van der Waals surface area contributed by atoms with Gasteiger partial charge in [-0.15, -0.1) is 0 Å². The molecule has 1 aromatic rings. The van der Waals surface area contributed by atoms with E-state index in [1.54, 1.807) is 0 Å². The minimum atomic E-state index is -0.550. The SMILES string of the molecule is N=CC(=CN)c1nc(NC2CCCCC2N)c(F)c2c1C(=O)NC2. The molecule has 1 fully saturated rings. The topological polar surface area (TPSA) is 130 Å². The Bertz CT molecular complexity index is 717. The van der Waals surface area contributed by atoms with E-state index in [9.17, 15) is 9.18 Å². The van der Waals surface area contributed by atoms with Crippen molar-refractivity contribution in [3.63, 3.8) is 0 Å². The third-order valence-corrected chi connectivity index (χ3v) is 4.64. The van der Waals surface area contributed by atoms with Crippen molar-refractivity contribution in [3.05, 3.63) is 28.8 Å². The number of carbonyl (C=O) groups excluding carboxylic acids is 1. The van der Waals surface area contributed by atoms with Gasteiger partial charge >= 0.3 is 0 Å².